The Kier molecular flexibility index (Phi) is 3.97. The zero-order valence-corrected chi connectivity index (χ0v) is 10.4. The number of aryl methyl sites for hydroxylation is 1. The number of carbonyl (C=O) groups excluding carboxylic acids is 1. The van der Waals surface area contributed by atoms with Crippen molar-refractivity contribution in [1.29, 1.82) is 5.26 Å². The minimum absolute atomic E-state index is 0.472. The van der Waals surface area contributed by atoms with Gasteiger partial charge in [0.2, 0.25) is 0 Å². The van der Waals surface area contributed by atoms with Crippen LogP contribution in [0.15, 0.2) is 0 Å². The SMILES string of the molecule is Cc1sc(NC(=O)C(Cl)Cl)c(C#N)c1C. The van der Waals surface area contributed by atoms with Crippen LogP contribution in [0.1, 0.15) is 16.0 Å². The monoisotopic (exact) mass is 262 g/mol. The number of nitrogens with zero attached hydrogens (tertiary/aromatic N) is 1. The van der Waals surface area contributed by atoms with Gasteiger partial charge in [0.1, 0.15) is 11.1 Å². The Bertz CT molecular complexity index is 434. The van der Waals surface area contributed by atoms with Gasteiger partial charge in [0.05, 0.1) is 5.56 Å². The first kappa shape index (κ1) is 12.3. The second kappa shape index (κ2) is 4.84. The number of nitrogens with one attached hydrogen (secondary N) is 1. The van der Waals surface area contributed by atoms with Crippen LogP contribution in [-0.4, -0.2) is 10.7 Å². The van der Waals surface area contributed by atoms with Crippen LogP contribution in [0.25, 0.3) is 0 Å². The predicted molar refractivity (Wildman–Crippen MR) is 62.6 cm³/mol. The van der Waals surface area contributed by atoms with Gasteiger partial charge in [-0.3, -0.25) is 4.79 Å². The molecule has 0 fully saturated rings. The number of hydrogen-bond donors (Lipinski definition) is 1. The topological polar surface area (TPSA) is 52.9 Å². The van der Waals surface area contributed by atoms with E-state index in [0.717, 1.165) is 10.4 Å². The summed E-state index contributed by atoms with van der Waals surface area (Å²) >= 11 is 12.1. The number of nitriles is 1. The lowest BCUT2D eigenvalue weighted by Gasteiger charge is -2.02. The molecule has 0 aliphatic carbocycles. The van der Waals surface area contributed by atoms with Crippen molar-refractivity contribution >= 4 is 45.4 Å². The molecule has 0 aliphatic heterocycles. The average Bonchev–Trinajstić information content (AvgIpc) is 2.42. The van der Waals surface area contributed by atoms with Crippen molar-refractivity contribution in [3.63, 3.8) is 0 Å². The summed E-state index contributed by atoms with van der Waals surface area (Å²) in [4.78, 5) is 11.1. The third-order valence-electron chi connectivity index (χ3n) is 1.93. The van der Waals surface area contributed by atoms with Gasteiger partial charge >= 0.3 is 0 Å². The number of anilines is 1. The van der Waals surface area contributed by atoms with Crippen LogP contribution in [0.2, 0.25) is 0 Å². The Morgan fingerprint density at radius 1 is 1.53 bits per heavy atom. The van der Waals surface area contributed by atoms with Crippen LogP contribution in [0.5, 0.6) is 0 Å². The molecule has 0 aliphatic rings. The van der Waals surface area contributed by atoms with Crippen molar-refractivity contribution in [2.24, 2.45) is 0 Å². The summed E-state index contributed by atoms with van der Waals surface area (Å²) in [6.07, 6.45) is 0. The van der Waals surface area contributed by atoms with Crippen molar-refractivity contribution in [2.45, 2.75) is 18.7 Å². The number of carbonyl (C=O) groups is 1. The number of alkyl halides is 2. The van der Waals surface area contributed by atoms with Gasteiger partial charge in [0.15, 0.2) is 4.84 Å². The number of thiophene rings is 1. The van der Waals surface area contributed by atoms with Crippen molar-refractivity contribution in [3.05, 3.63) is 16.0 Å². The Labute approximate surface area is 102 Å². The Morgan fingerprint density at radius 2 is 2.13 bits per heavy atom. The molecule has 80 valence electrons. The molecule has 0 radical (unpaired) electrons. The Hall–Kier alpha value is -0.760. The van der Waals surface area contributed by atoms with Crippen molar-refractivity contribution in [3.8, 4) is 6.07 Å². The summed E-state index contributed by atoms with van der Waals surface area (Å²) < 4.78 is 0. The van der Waals surface area contributed by atoms with E-state index >= 15 is 0 Å². The molecule has 1 amide bonds. The summed E-state index contributed by atoms with van der Waals surface area (Å²) in [5.41, 5.74) is 1.35. The lowest BCUT2D eigenvalue weighted by atomic mass is 10.2. The largest absolute Gasteiger partial charge is 0.314 e. The highest BCUT2D eigenvalue weighted by Crippen LogP contribution is 2.31. The van der Waals surface area contributed by atoms with Crippen LogP contribution < -0.4 is 5.32 Å². The van der Waals surface area contributed by atoms with E-state index in [2.05, 4.69) is 5.32 Å². The predicted octanol–water partition coefficient (Wildman–Crippen LogP) is 2.98. The number of halogens is 2. The second-order valence-electron chi connectivity index (χ2n) is 2.89. The van der Waals surface area contributed by atoms with Gasteiger partial charge in [-0.25, -0.2) is 0 Å². The first-order valence-electron chi connectivity index (χ1n) is 4.06. The summed E-state index contributed by atoms with van der Waals surface area (Å²) in [5.74, 6) is -0.518. The van der Waals surface area contributed by atoms with Crippen LogP contribution in [0.3, 0.4) is 0 Å². The van der Waals surface area contributed by atoms with Gasteiger partial charge < -0.3 is 5.32 Å². The summed E-state index contributed by atoms with van der Waals surface area (Å²) in [6, 6.07) is 2.04. The minimum Gasteiger partial charge on any atom is -0.314 e. The summed E-state index contributed by atoms with van der Waals surface area (Å²) in [5, 5.41) is 11.9. The first-order valence-corrected chi connectivity index (χ1v) is 5.75. The molecule has 0 aromatic carbocycles. The lowest BCUT2D eigenvalue weighted by molar-refractivity contribution is -0.114. The molecule has 15 heavy (non-hydrogen) atoms. The normalized spacial score (nSPS) is 10.1. The second-order valence-corrected chi connectivity index (χ2v) is 5.21. The maximum absolute atomic E-state index is 11.2. The van der Waals surface area contributed by atoms with Crippen LogP contribution in [0, 0.1) is 25.2 Å². The number of rotatable bonds is 2. The number of amides is 1. The first-order chi connectivity index (χ1) is 6.97. The molecule has 0 spiro atoms. The summed E-state index contributed by atoms with van der Waals surface area (Å²) in [7, 11) is 0. The van der Waals surface area contributed by atoms with Gasteiger partial charge in [-0.05, 0) is 19.4 Å². The van der Waals surface area contributed by atoms with E-state index < -0.39 is 10.7 Å². The van der Waals surface area contributed by atoms with Gasteiger partial charge in [-0.2, -0.15) is 5.26 Å². The number of hydrogen-bond acceptors (Lipinski definition) is 3. The highest BCUT2D eigenvalue weighted by molar-refractivity contribution is 7.16. The van der Waals surface area contributed by atoms with Crippen molar-refractivity contribution in [2.75, 3.05) is 5.32 Å². The quantitative estimate of drug-likeness (QED) is 0.834. The average molecular weight is 263 g/mol. The van der Waals surface area contributed by atoms with E-state index in [1.807, 2.05) is 19.9 Å². The van der Waals surface area contributed by atoms with E-state index in [0.29, 0.717) is 10.6 Å². The standard InChI is InChI=1S/C9H8Cl2N2OS/c1-4-5(2)15-9(6(4)3-12)13-8(14)7(10)11/h7H,1-2H3,(H,13,14). The molecule has 1 aromatic heterocycles. The van der Waals surface area contributed by atoms with Gasteiger partial charge in [0.25, 0.3) is 5.91 Å². The molecule has 1 N–H and O–H groups in total. The van der Waals surface area contributed by atoms with Crippen molar-refractivity contribution < 1.29 is 4.79 Å². The van der Waals surface area contributed by atoms with Gasteiger partial charge in [0, 0.05) is 4.88 Å². The van der Waals surface area contributed by atoms with E-state index in [4.69, 9.17) is 28.5 Å². The van der Waals surface area contributed by atoms with E-state index in [9.17, 15) is 4.79 Å². The molecule has 6 heteroatoms. The fourth-order valence-electron chi connectivity index (χ4n) is 1.02. The van der Waals surface area contributed by atoms with E-state index in [1.165, 1.54) is 11.3 Å². The molecular formula is C9H8Cl2N2OS. The zero-order valence-electron chi connectivity index (χ0n) is 8.10. The van der Waals surface area contributed by atoms with Gasteiger partial charge in [-0.1, -0.05) is 23.2 Å². The Balaban J connectivity index is 3.02. The highest BCUT2D eigenvalue weighted by atomic mass is 35.5. The third-order valence-corrected chi connectivity index (χ3v) is 3.45. The molecule has 1 aromatic rings. The smallest absolute Gasteiger partial charge is 0.258 e. The van der Waals surface area contributed by atoms with E-state index in [-0.39, 0.29) is 0 Å². The molecule has 0 bridgehead atoms. The highest BCUT2D eigenvalue weighted by Gasteiger charge is 2.17. The lowest BCUT2D eigenvalue weighted by Crippen LogP contribution is -2.18. The molecule has 0 atom stereocenters. The van der Waals surface area contributed by atoms with Crippen molar-refractivity contribution in [1.82, 2.24) is 0 Å². The molecule has 1 rings (SSSR count). The van der Waals surface area contributed by atoms with Crippen LogP contribution in [-0.2, 0) is 4.79 Å². The molecular weight excluding hydrogens is 255 g/mol. The minimum atomic E-state index is -1.13. The van der Waals surface area contributed by atoms with Crippen LogP contribution >= 0.6 is 34.5 Å². The zero-order chi connectivity index (χ0) is 11.6. The molecule has 1 heterocycles. The van der Waals surface area contributed by atoms with Crippen LogP contribution in [0.4, 0.5) is 5.00 Å². The van der Waals surface area contributed by atoms with E-state index in [1.54, 1.807) is 0 Å². The third kappa shape index (κ3) is 2.63. The molecule has 0 unspecified atom stereocenters. The van der Waals surface area contributed by atoms with Gasteiger partial charge in [-0.15, -0.1) is 11.3 Å². The molecule has 0 saturated carbocycles. The Morgan fingerprint density at radius 3 is 2.60 bits per heavy atom. The molecule has 0 saturated heterocycles. The maximum atomic E-state index is 11.2. The summed E-state index contributed by atoms with van der Waals surface area (Å²) in [6.45, 7) is 3.72. The molecule has 3 nitrogen and oxygen atoms in total. The fraction of sp³-hybridized carbons (Fsp3) is 0.333. The fourth-order valence-corrected chi connectivity index (χ4v) is 2.14. The maximum Gasteiger partial charge on any atom is 0.258 e.